The van der Waals surface area contributed by atoms with Gasteiger partial charge in [-0.1, -0.05) is 26.2 Å². The predicted molar refractivity (Wildman–Crippen MR) is 114 cm³/mol. The van der Waals surface area contributed by atoms with Crippen LogP contribution in [-0.2, 0) is 6.42 Å². The predicted octanol–water partition coefficient (Wildman–Crippen LogP) is 2.06. The SMILES string of the molecule is CCc1nsc(N2CCN(C(=NC)NCCN(C)C3CCCCC3)CC2)n1. The third kappa shape index (κ3) is 5.54. The second-order valence-corrected chi connectivity index (χ2v) is 8.30. The smallest absolute Gasteiger partial charge is 0.205 e. The molecule has 2 heterocycles. The van der Waals surface area contributed by atoms with Gasteiger partial charge in [0.05, 0.1) is 0 Å². The van der Waals surface area contributed by atoms with Gasteiger partial charge in [-0.15, -0.1) is 0 Å². The Morgan fingerprint density at radius 2 is 1.96 bits per heavy atom. The minimum Gasteiger partial charge on any atom is -0.355 e. The Morgan fingerprint density at radius 3 is 2.59 bits per heavy atom. The van der Waals surface area contributed by atoms with E-state index in [0.29, 0.717) is 0 Å². The maximum absolute atomic E-state index is 4.62. The van der Waals surface area contributed by atoms with E-state index in [0.717, 1.165) is 68.6 Å². The van der Waals surface area contributed by atoms with E-state index >= 15 is 0 Å². The van der Waals surface area contributed by atoms with Crippen molar-refractivity contribution in [2.75, 3.05) is 58.3 Å². The lowest BCUT2D eigenvalue weighted by molar-refractivity contribution is 0.194. The van der Waals surface area contributed by atoms with Gasteiger partial charge >= 0.3 is 0 Å². The van der Waals surface area contributed by atoms with Crippen LogP contribution in [0.4, 0.5) is 5.13 Å². The lowest BCUT2D eigenvalue weighted by atomic mass is 9.94. The van der Waals surface area contributed by atoms with Crippen LogP contribution in [0, 0.1) is 0 Å². The van der Waals surface area contributed by atoms with E-state index in [2.05, 4.69) is 48.3 Å². The number of aromatic nitrogens is 2. The van der Waals surface area contributed by atoms with Crippen molar-refractivity contribution < 1.29 is 0 Å². The fraction of sp³-hybridized carbons (Fsp3) is 0.842. The number of nitrogens with zero attached hydrogens (tertiary/aromatic N) is 6. The summed E-state index contributed by atoms with van der Waals surface area (Å²) in [6.07, 6.45) is 7.82. The van der Waals surface area contributed by atoms with Crippen molar-refractivity contribution >= 4 is 22.6 Å². The highest BCUT2D eigenvalue weighted by Gasteiger charge is 2.22. The highest BCUT2D eigenvalue weighted by Crippen LogP contribution is 2.21. The summed E-state index contributed by atoms with van der Waals surface area (Å²) < 4.78 is 4.41. The standard InChI is InChI=1S/C19H35N7S/c1-4-17-22-19(27-23-17)26-14-12-25(13-15-26)18(20-2)21-10-11-24(3)16-8-6-5-7-9-16/h16H,4-15H2,1-3H3,(H,20,21). The van der Waals surface area contributed by atoms with Crippen LogP contribution in [0.1, 0.15) is 44.9 Å². The molecular formula is C19H35N7S. The quantitative estimate of drug-likeness (QED) is 0.590. The number of aryl methyl sites for hydroxylation is 1. The van der Waals surface area contributed by atoms with Gasteiger partial charge in [0, 0.05) is 70.3 Å². The number of likely N-dealkylation sites (N-methyl/N-ethyl adjacent to an activating group) is 1. The largest absolute Gasteiger partial charge is 0.355 e. The highest BCUT2D eigenvalue weighted by atomic mass is 32.1. The molecule has 1 saturated carbocycles. The first-order valence-corrected chi connectivity index (χ1v) is 11.2. The molecule has 0 atom stereocenters. The molecule has 7 nitrogen and oxygen atoms in total. The van der Waals surface area contributed by atoms with E-state index in [9.17, 15) is 0 Å². The van der Waals surface area contributed by atoms with Crippen LogP contribution < -0.4 is 10.2 Å². The monoisotopic (exact) mass is 393 g/mol. The Bertz CT molecular complexity index is 589. The highest BCUT2D eigenvalue weighted by molar-refractivity contribution is 7.09. The van der Waals surface area contributed by atoms with Crippen LogP contribution in [0.5, 0.6) is 0 Å². The molecule has 1 aliphatic heterocycles. The summed E-state index contributed by atoms with van der Waals surface area (Å²) in [4.78, 5) is 16.4. The first-order valence-electron chi connectivity index (χ1n) is 10.4. The number of hydrogen-bond acceptors (Lipinski definition) is 6. The lowest BCUT2D eigenvalue weighted by Gasteiger charge is -2.36. The molecule has 1 aromatic heterocycles. The van der Waals surface area contributed by atoms with E-state index < -0.39 is 0 Å². The number of hydrogen-bond donors (Lipinski definition) is 1. The van der Waals surface area contributed by atoms with Gasteiger partial charge in [0.25, 0.3) is 0 Å². The maximum atomic E-state index is 4.62. The molecule has 0 bridgehead atoms. The summed E-state index contributed by atoms with van der Waals surface area (Å²) in [5, 5.41) is 4.63. The molecule has 1 N–H and O–H groups in total. The van der Waals surface area contributed by atoms with Crippen LogP contribution in [-0.4, -0.2) is 84.5 Å². The lowest BCUT2D eigenvalue weighted by Crippen LogP contribution is -2.53. The summed E-state index contributed by atoms with van der Waals surface area (Å²) in [5.41, 5.74) is 0. The molecule has 2 fully saturated rings. The summed E-state index contributed by atoms with van der Waals surface area (Å²) in [6.45, 7) is 8.02. The molecule has 1 saturated heterocycles. The van der Waals surface area contributed by atoms with Crippen LogP contribution in [0.2, 0.25) is 0 Å². The summed E-state index contributed by atoms with van der Waals surface area (Å²) in [6, 6.07) is 0.769. The fourth-order valence-corrected chi connectivity index (χ4v) is 4.81. The van der Waals surface area contributed by atoms with Gasteiger partial charge in [-0.05, 0) is 19.9 Å². The van der Waals surface area contributed by atoms with E-state index in [1.165, 1.54) is 43.6 Å². The zero-order chi connectivity index (χ0) is 19.1. The first kappa shape index (κ1) is 20.3. The van der Waals surface area contributed by atoms with Crippen molar-refractivity contribution in [3.63, 3.8) is 0 Å². The van der Waals surface area contributed by atoms with E-state index in [1.54, 1.807) is 0 Å². The minimum atomic E-state index is 0.769. The molecule has 27 heavy (non-hydrogen) atoms. The molecule has 1 aromatic rings. The van der Waals surface area contributed by atoms with Crippen molar-refractivity contribution in [1.82, 2.24) is 24.5 Å². The van der Waals surface area contributed by atoms with E-state index in [1.807, 2.05) is 7.05 Å². The van der Waals surface area contributed by atoms with Crippen molar-refractivity contribution in [3.8, 4) is 0 Å². The third-order valence-electron chi connectivity index (χ3n) is 5.78. The molecule has 0 spiro atoms. The molecule has 1 aliphatic carbocycles. The molecule has 152 valence electrons. The Hall–Kier alpha value is -1.41. The van der Waals surface area contributed by atoms with Gasteiger partial charge in [-0.3, -0.25) is 4.99 Å². The number of anilines is 1. The number of nitrogens with one attached hydrogen (secondary N) is 1. The summed E-state index contributed by atoms with van der Waals surface area (Å²) in [7, 11) is 4.16. The Kier molecular flexibility index (Phi) is 7.70. The van der Waals surface area contributed by atoms with E-state index in [-0.39, 0.29) is 0 Å². The van der Waals surface area contributed by atoms with Crippen molar-refractivity contribution in [2.24, 2.45) is 4.99 Å². The summed E-state index contributed by atoms with van der Waals surface area (Å²) >= 11 is 1.52. The Morgan fingerprint density at radius 1 is 1.22 bits per heavy atom. The minimum absolute atomic E-state index is 0.769. The third-order valence-corrected chi connectivity index (χ3v) is 6.60. The molecular weight excluding hydrogens is 358 g/mol. The van der Waals surface area contributed by atoms with Gasteiger partial charge in [-0.25, -0.2) is 4.98 Å². The van der Waals surface area contributed by atoms with Crippen LogP contribution in [0.15, 0.2) is 4.99 Å². The molecule has 2 aliphatic rings. The molecule has 8 heteroatoms. The zero-order valence-corrected chi connectivity index (χ0v) is 18.0. The number of aliphatic imine (C=N–C) groups is 1. The average Bonchev–Trinajstić information content (AvgIpc) is 3.21. The average molecular weight is 394 g/mol. The topological polar surface area (TPSA) is 59.9 Å². The Labute approximate surface area is 168 Å². The molecule has 3 rings (SSSR count). The van der Waals surface area contributed by atoms with Crippen molar-refractivity contribution in [1.29, 1.82) is 0 Å². The van der Waals surface area contributed by atoms with Crippen LogP contribution >= 0.6 is 11.5 Å². The zero-order valence-electron chi connectivity index (χ0n) is 17.2. The van der Waals surface area contributed by atoms with Gasteiger partial charge in [-0.2, -0.15) is 4.37 Å². The molecule has 0 aromatic carbocycles. The fourth-order valence-electron chi connectivity index (χ4n) is 4.01. The van der Waals surface area contributed by atoms with Gasteiger partial charge in [0.1, 0.15) is 5.82 Å². The van der Waals surface area contributed by atoms with Gasteiger partial charge < -0.3 is 20.0 Å². The van der Waals surface area contributed by atoms with Crippen LogP contribution in [0.25, 0.3) is 0 Å². The molecule has 0 amide bonds. The van der Waals surface area contributed by atoms with E-state index in [4.69, 9.17) is 0 Å². The van der Waals surface area contributed by atoms with Gasteiger partial charge in [0.2, 0.25) is 5.13 Å². The van der Waals surface area contributed by atoms with Crippen molar-refractivity contribution in [3.05, 3.63) is 5.82 Å². The molecule has 0 unspecified atom stereocenters. The second-order valence-electron chi connectivity index (χ2n) is 7.57. The maximum Gasteiger partial charge on any atom is 0.205 e. The molecule has 0 radical (unpaired) electrons. The number of rotatable bonds is 6. The first-order chi connectivity index (χ1) is 13.2. The van der Waals surface area contributed by atoms with Gasteiger partial charge in [0.15, 0.2) is 5.96 Å². The summed E-state index contributed by atoms with van der Waals surface area (Å²) in [5.74, 6) is 1.98. The number of guanidine groups is 1. The normalized spacial score (nSPS) is 19.8. The second kappa shape index (κ2) is 10.2. The Balaban J connectivity index is 1.40. The van der Waals surface area contributed by atoms with Crippen LogP contribution in [0.3, 0.4) is 0 Å². The number of piperazine rings is 1. The van der Waals surface area contributed by atoms with Crippen molar-refractivity contribution in [2.45, 2.75) is 51.5 Å².